The summed E-state index contributed by atoms with van der Waals surface area (Å²) in [5.74, 6) is 1.04. The molecule has 0 radical (unpaired) electrons. The standard InChI is InChI=1S/C22H26N2O3S/c1-5-16(4)27-20-11-6-8-17(12-20)21(25)24-22(28)23-18-9-7-10-19(13-18)26-14-15(2)3/h6-13,16H,2,5,14H2,1,3-4H3,(H2,23,24,25,28). The van der Waals surface area contributed by atoms with Crippen molar-refractivity contribution in [2.24, 2.45) is 0 Å². The number of ether oxygens (including phenoxy) is 2. The van der Waals surface area contributed by atoms with E-state index >= 15 is 0 Å². The number of rotatable bonds is 8. The van der Waals surface area contributed by atoms with Crippen LogP contribution < -0.4 is 20.1 Å². The van der Waals surface area contributed by atoms with E-state index in [9.17, 15) is 4.79 Å². The maximum absolute atomic E-state index is 12.5. The van der Waals surface area contributed by atoms with Gasteiger partial charge >= 0.3 is 0 Å². The molecule has 0 saturated heterocycles. The quantitative estimate of drug-likeness (QED) is 0.487. The summed E-state index contributed by atoms with van der Waals surface area (Å²) in [4.78, 5) is 12.5. The van der Waals surface area contributed by atoms with Gasteiger partial charge in [0.2, 0.25) is 0 Å². The van der Waals surface area contributed by atoms with Gasteiger partial charge in [0.25, 0.3) is 5.91 Å². The molecule has 148 valence electrons. The third-order valence-electron chi connectivity index (χ3n) is 3.81. The first-order chi connectivity index (χ1) is 13.4. The van der Waals surface area contributed by atoms with Crippen molar-refractivity contribution >= 4 is 28.9 Å². The van der Waals surface area contributed by atoms with Crippen LogP contribution in [0.15, 0.2) is 60.7 Å². The predicted octanol–water partition coefficient (Wildman–Crippen LogP) is 4.95. The summed E-state index contributed by atoms with van der Waals surface area (Å²) in [6.07, 6.45) is 0.972. The van der Waals surface area contributed by atoms with Gasteiger partial charge in [0.1, 0.15) is 18.1 Å². The Hall–Kier alpha value is -2.86. The van der Waals surface area contributed by atoms with Crippen LogP contribution in [0, 0.1) is 0 Å². The fourth-order valence-corrected chi connectivity index (χ4v) is 2.44. The number of nitrogens with one attached hydrogen (secondary N) is 2. The van der Waals surface area contributed by atoms with Gasteiger partial charge in [-0.2, -0.15) is 0 Å². The summed E-state index contributed by atoms with van der Waals surface area (Å²) in [7, 11) is 0. The molecule has 0 aromatic heterocycles. The van der Waals surface area contributed by atoms with Crippen molar-refractivity contribution in [2.45, 2.75) is 33.3 Å². The molecule has 5 nitrogen and oxygen atoms in total. The monoisotopic (exact) mass is 398 g/mol. The zero-order valence-electron chi connectivity index (χ0n) is 16.5. The number of carbonyl (C=O) groups excluding carboxylic acids is 1. The number of thiocarbonyl (C=S) groups is 1. The lowest BCUT2D eigenvalue weighted by Crippen LogP contribution is -2.34. The number of carbonyl (C=O) groups is 1. The molecule has 1 atom stereocenters. The fraction of sp³-hybridized carbons (Fsp3) is 0.273. The van der Waals surface area contributed by atoms with Gasteiger partial charge in [0, 0.05) is 17.3 Å². The van der Waals surface area contributed by atoms with Crippen LogP contribution in [0.25, 0.3) is 0 Å². The average molecular weight is 399 g/mol. The minimum atomic E-state index is -0.304. The molecule has 2 aromatic carbocycles. The van der Waals surface area contributed by atoms with Gasteiger partial charge in [-0.3, -0.25) is 10.1 Å². The Bertz CT molecular complexity index is 851. The van der Waals surface area contributed by atoms with E-state index in [2.05, 4.69) is 17.2 Å². The second-order valence-electron chi connectivity index (χ2n) is 6.55. The molecule has 1 unspecified atom stereocenters. The molecular formula is C22H26N2O3S. The molecule has 2 N–H and O–H groups in total. The Labute approximate surface area is 171 Å². The van der Waals surface area contributed by atoms with Crippen molar-refractivity contribution in [3.05, 3.63) is 66.2 Å². The molecule has 0 heterocycles. The molecule has 0 fully saturated rings. The number of hydrogen-bond acceptors (Lipinski definition) is 4. The third kappa shape index (κ3) is 7.04. The molecule has 0 spiro atoms. The van der Waals surface area contributed by atoms with E-state index in [4.69, 9.17) is 21.7 Å². The van der Waals surface area contributed by atoms with Crippen molar-refractivity contribution < 1.29 is 14.3 Å². The Morgan fingerprint density at radius 2 is 1.89 bits per heavy atom. The molecule has 6 heteroatoms. The zero-order valence-corrected chi connectivity index (χ0v) is 17.3. The van der Waals surface area contributed by atoms with Crippen LogP contribution in [0.1, 0.15) is 37.6 Å². The number of anilines is 1. The Morgan fingerprint density at radius 3 is 2.61 bits per heavy atom. The SMILES string of the molecule is C=C(C)COc1cccc(NC(=S)NC(=O)c2cccc(OC(C)CC)c2)c1. The first-order valence-corrected chi connectivity index (χ1v) is 9.54. The molecule has 28 heavy (non-hydrogen) atoms. The van der Waals surface area contributed by atoms with Gasteiger partial charge in [-0.05, 0) is 68.4 Å². The van der Waals surface area contributed by atoms with Gasteiger partial charge in [-0.25, -0.2) is 0 Å². The maximum Gasteiger partial charge on any atom is 0.257 e. The van der Waals surface area contributed by atoms with Gasteiger partial charge in [-0.1, -0.05) is 25.6 Å². The fourth-order valence-electron chi connectivity index (χ4n) is 2.23. The zero-order chi connectivity index (χ0) is 20.5. The number of amides is 1. The van der Waals surface area contributed by atoms with Crippen molar-refractivity contribution in [3.63, 3.8) is 0 Å². The van der Waals surface area contributed by atoms with E-state index < -0.39 is 0 Å². The summed E-state index contributed by atoms with van der Waals surface area (Å²) < 4.78 is 11.4. The maximum atomic E-state index is 12.5. The van der Waals surface area contributed by atoms with E-state index in [1.165, 1.54) is 0 Å². The molecule has 2 rings (SSSR count). The third-order valence-corrected chi connectivity index (χ3v) is 4.02. The highest BCUT2D eigenvalue weighted by Crippen LogP contribution is 2.18. The lowest BCUT2D eigenvalue weighted by atomic mass is 10.2. The van der Waals surface area contributed by atoms with Crippen LogP contribution >= 0.6 is 12.2 Å². The first kappa shape index (κ1) is 21.4. The predicted molar refractivity (Wildman–Crippen MR) is 117 cm³/mol. The van der Waals surface area contributed by atoms with E-state index in [1.54, 1.807) is 18.2 Å². The highest BCUT2D eigenvalue weighted by Gasteiger charge is 2.10. The molecule has 1 amide bonds. The molecule has 2 aromatic rings. The summed E-state index contributed by atoms with van der Waals surface area (Å²) >= 11 is 5.25. The summed E-state index contributed by atoms with van der Waals surface area (Å²) in [5, 5.41) is 5.88. The number of benzene rings is 2. The summed E-state index contributed by atoms with van der Waals surface area (Å²) in [6, 6.07) is 14.4. The molecule has 0 saturated carbocycles. The van der Waals surface area contributed by atoms with Gasteiger partial charge in [0.05, 0.1) is 6.10 Å². The Morgan fingerprint density at radius 1 is 1.18 bits per heavy atom. The topological polar surface area (TPSA) is 59.6 Å². The molecule has 0 aliphatic carbocycles. The molecular weight excluding hydrogens is 372 g/mol. The Kier molecular flexibility index (Phi) is 8.02. The van der Waals surface area contributed by atoms with Gasteiger partial charge < -0.3 is 14.8 Å². The summed E-state index contributed by atoms with van der Waals surface area (Å²) in [5.41, 5.74) is 2.13. The van der Waals surface area contributed by atoms with Crippen molar-refractivity contribution in [1.29, 1.82) is 0 Å². The second kappa shape index (κ2) is 10.5. The highest BCUT2D eigenvalue weighted by atomic mass is 32.1. The van der Waals surface area contributed by atoms with Gasteiger partial charge in [-0.15, -0.1) is 0 Å². The lowest BCUT2D eigenvalue weighted by molar-refractivity contribution is 0.0977. The molecule has 0 aliphatic heterocycles. The average Bonchev–Trinajstić information content (AvgIpc) is 2.66. The molecule has 0 bridgehead atoms. The Balaban J connectivity index is 1.96. The van der Waals surface area contributed by atoms with Crippen LogP contribution in [0.5, 0.6) is 11.5 Å². The van der Waals surface area contributed by atoms with Crippen LogP contribution in [0.4, 0.5) is 5.69 Å². The van der Waals surface area contributed by atoms with Crippen LogP contribution in [-0.2, 0) is 0 Å². The normalized spacial score (nSPS) is 11.2. The first-order valence-electron chi connectivity index (χ1n) is 9.13. The molecule has 0 aliphatic rings. The largest absolute Gasteiger partial charge is 0.491 e. The van der Waals surface area contributed by atoms with E-state index in [0.717, 1.165) is 17.7 Å². The van der Waals surface area contributed by atoms with Crippen LogP contribution in [0.3, 0.4) is 0 Å². The minimum Gasteiger partial charge on any atom is -0.491 e. The van der Waals surface area contributed by atoms with Crippen LogP contribution in [0.2, 0.25) is 0 Å². The van der Waals surface area contributed by atoms with E-state index in [-0.39, 0.29) is 17.1 Å². The number of hydrogen-bond donors (Lipinski definition) is 2. The second-order valence-corrected chi connectivity index (χ2v) is 6.95. The van der Waals surface area contributed by atoms with Crippen molar-refractivity contribution in [2.75, 3.05) is 11.9 Å². The summed E-state index contributed by atoms with van der Waals surface area (Å²) in [6.45, 7) is 10.2. The van der Waals surface area contributed by atoms with E-state index in [0.29, 0.717) is 23.7 Å². The minimum absolute atomic E-state index is 0.0837. The van der Waals surface area contributed by atoms with E-state index in [1.807, 2.05) is 51.1 Å². The van der Waals surface area contributed by atoms with Crippen molar-refractivity contribution in [1.82, 2.24) is 5.32 Å². The highest BCUT2D eigenvalue weighted by molar-refractivity contribution is 7.80. The lowest BCUT2D eigenvalue weighted by Gasteiger charge is -2.14. The van der Waals surface area contributed by atoms with Gasteiger partial charge in [0.15, 0.2) is 5.11 Å². The van der Waals surface area contributed by atoms with Crippen molar-refractivity contribution in [3.8, 4) is 11.5 Å². The van der Waals surface area contributed by atoms with Crippen LogP contribution in [-0.4, -0.2) is 23.7 Å². The smallest absolute Gasteiger partial charge is 0.257 e.